The average Bonchev–Trinajstić information content (AvgIpc) is 3.08. The first-order chi connectivity index (χ1) is 16.2. The maximum Gasteiger partial charge on any atom is 0.300 e. The van der Waals surface area contributed by atoms with E-state index < -0.39 is 29.3 Å². The smallest absolute Gasteiger partial charge is 0.300 e. The maximum atomic E-state index is 13.8. The summed E-state index contributed by atoms with van der Waals surface area (Å²) in [6, 6.07) is 12.9. The lowest BCUT2D eigenvalue weighted by molar-refractivity contribution is -0.132. The van der Waals surface area contributed by atoms with Crippen LogP contribution in [-0.2, 0) is 9.59 Å². The molecule has 1 amide bonds. The fraction of sp³-hybridized carbons (Fsp3) is 0.120. The topological polar surface area (TPSA) is 87.1 Å². The molecular weight excluding hydrogens is 484 g/mol. The number of anilines is 1. The molecular formula is C25H18Cl2FNO5. The molecule has 1 aliphatic heterocycles. The zero-order valence-corrected chi connectivity index (χ0v) is 19.3. The van der Waals surface area contributed by atoms with Crippen LogP contribution in [0.4, 0.5) is 10.1 Å². The molecule has 1 atom stereocenters. The number of hydrogen-bond donors (Lipinski definition) is 2. The van der Waals surface area contributed by atoms with Gasteiger partial charge in [-0.15, -0.1) is 0 Å². The summed E-state index contributed by atoms with van der Waals surface area (Å²) < 4.78 is 19.3. The highest BCUT2D eigenvalue weighted by Crippen LogP contribution is 2.44. The molecule has 0 bridgehead atoms. The average molecular weight is 502 g/mol. The Balaban J connectivity index is 1.97. The van der Waals surface area contributed by atoms with Crippen molar-refractivity contribution in [1.82, 2.24) is 0 Å². The Morgan fingerprint density at radius 1 is 1.06 bits per heavy atom. The second-order valence-corrected chi connectivity index (χ2v) is 8.28. The molecule has 1 aliphatic rings. The highest BCUT2D eigenvalue weighted by molar-refractivity contribution is 6.51. The molecule has 1 saturated heterocycles. The number of ether oxygens (including phenoxy) is 1. The van der Waals surface area contributed by atoms with Gasteiger partial charge < -0.3 is 14.9 Å². The molecule has 3 aromatic carbocycles. The van der Waals surface area contributed by atoms with Crippen molar-refractivity contribution in [3.63, 3.8) is 0 Å². The Labute approximate surface area is 204 Å². The van der Waals surface area contributed by atoms with Crippen molar-refractivity contribution in [1.29, 1.82) is 0 Å². The van der Waals surface area contributed by atoms with Gasteiger partial charge in [-0.25, -0.2) is 4.39 Å². The summed E-state index contributed by atoms with van der Waals surface area (Å²) in [5, 5.41) is 21.4. The standard InChI is InChI=1S/C25H18Cl2FNO5/c1-2-34-20-11-14(5-10-19(20)30)22-21(23(31)13-3-6-15(26)7-4-13)24(32)25(33)29(22)16-8-9-18(28)17(27)12-16/h3-12,22,30-31H,2H2,1H3/b23-21+. The second-order valence-electron chi connectivity index (χ2n) is 7.43. The van der Waals surface area contributed by atoms with Crippen molar-refractivity contribution in [2.75, 3.05) is 11.5 Å². The molecule has 34 heavy (non-hydrogen) atoms. The minimum atomic E-state index is -1.11. The molecule has 0 aromatic heterocycles. The monoisotopic (exact) mass is 501 g/mol. The quantitative estimate of drug-likeness (QED) is 0.259. The Hall–Kier alpha value is -3.55. The largest absolute Gasteiger partial charge is 0.507 e. The van der Waals surface area contributed by atoms with Crippen molar-refractivity contribution < 1.29 is 28.9 Å². The Kier molecular flexibility index (Phi) is 6.50. The van der Waals surface area contributed by atoms with E-state index in [1.165, 1.54) is 54.6 Å². The molecule has 1 fully saturated rings. The third-order valence-electron chi connectivity index (χ3n) is 5.34. The molecule has 2 N–H and O–H groups in total. The van der Waals surface area contributed by atoms with E-state index in [0.29, 0.717) is 10.6 Å². The van der Waals surface area contributed by atoms with E-state index in [9.17, 15) is 24.2 Å². The zero-order chi connectivity index (χ0) is 24.6. The van der Waals surface area contributed by atoms with Crippen LogP contribution in [0.25, 0.3) is 5.76 Å². The summed E-state index contributed by atoms with van der Waals surface area (Å²) in [5.74, 6) is -2.98. The normalized spacial score (nSPS) is 17.3. The van der Waals surface area contributed by atoms with Gasteiger partial charge >= 0.3 is 0 Å². The van der Waals surface area contributed by atoms with Crippen molar-refractivity contribution in [3.05, 3.63) is 93.2 Å². The Bertz CT molecular complexity index is 1320. The summed E-state index contributed by atoms with van der Waals surface area (Å²) in [6.45, 7) is 1.99. The molecule has 0 aliphatic carbocycles. The van der Waals surface area contributed by atoms with Crippen LogP contribution in [0.2, 0.25) is 10.0 Å². The number of halogens is 3. The molecule has 0 spiro atoms. The third-order valence-corrected chi connectivity index (χ3v) is 5.88. The van der Waals surface area contributed by atoms with E-state index in [0.717, 1.165) is 11.0 Å². The number of Topliss-reactive ketones (excluding diaryl/α,β-unsaturated/α-hetero) is 1. The lowest BCUT2D eigenvalue weighted by Crippen LogP contribution is -2.29. The van der Waals surface area contributed by atoms with Gasteiger partial charge in [0, 0.05) is 16.3 Å². The van der Waals surface area contributed by atoms with Gasteiger partial charge in [-0.1, -0.05) is 29.3 Å². The molecule has 174 valence electrons. The number of hydrogen-bond acceptors (Lipinski definition) is 5. The number of aliphatic hydroxyl groups excluding tert-OH is 1. The van der Waals surface area contributed by atoms with Gasteiger partial charge in [-0.2, -0.15) is 0 Å². The molecule has 1 heterocycles. The number of phenolic OH excluding ortho intramolecular Hbond substituents is 1. The maximum absolute atomic E-state index is 13.8. The summed E-state index contributed by atoms with van der Waals surface area (Å²) in [4.78, 5) is 27.4. The predicted octanol–water partition coefficient (Wildman–Crippen LogP) is 5.86. The number of rotatable bonds is 5. The molecule has 0 saturated carbocycles. The molecule has 3 aromatic rings. The molecule has 6 nitrogen and oxygen atoms in total. The second kappa shape index (κ2) is 9.37. The first-order valence-corrected chi connectivity index (χ1v) is 11.0. The zero-order valence-electron chi connectivity index (χ0n) is 17.8. The molecule has 4 rings (SSSR count). The van der Waals surface area contributed by atoms with Crippen LogP contribution in [0.5, 0.6) is 11.5 Å². The lowest BCUT2D eigenvalue weighted by Gasteiger charge is -2.26. The first kappa shape index (κ1) is 23.6. The van der Waals surface area contributed by atoms with E-state index in [1.54, 1.807) is 6.92 Å². The minimum Gasteiger partial charge on any atom is -0.507 e. The SMILES string of the molecule is CCOc1cc(C2/C(=C(\O)c3ccc(Cl)cc3)C(=O)C(=O)N2c2ccc(F)c(Cl)c2)ccc1O. The number of aliphatic hydroxyl groups is 1. The van der Waals surface area contributed by atoms with Crippen LogP contribution in [0.3, 0.4) is 0 Å². The van der Waals surface area contributed by atoms with Gasteiger partial charge in [0.05, 0.1) is 23.2 Å². The van der Waals surface area contributed by atoms with Crippen molar-refractivity contribution in [3.8, 4) is 11.5 Å². The summed E-state index contributed by atoms with van der Waals surface area (Å²) >= 11 is 11.9. The number of phenols is 1. The fourth-order valence-corrected chi connectivity index (χ4v) is 4.09. The van der Waals surface area contributed by atoms with Gasteiger partial charge in [0.15, 0.2) is 11.5 Å². The lowest BCUT2D eigenvalue weighted by atomic mass is 9.94. The van der Waals surface area contributed by atoms with Crippen molar-refractivity contribution in [2.45, 2.75) is 13.0 Å². The van der Waals surface area contributed by atoms with Crippen LogP contribution in [0.15, 0.2) is 66.2 Å². The van der Waals surface area contributed by atoms with E-state index in [2.05, 4.69) is 0 Å². The van der Waals surface area contributed by atoms with Gasteiger partial charge in [-0.05, 0) is 67.1 Å². The third kappa shape index (κ3) is 4.20. The molecule has 9 heteroatoms. The number of ketones is 1. The minimum absolute atomic E-state index is 0.134. The summed E-state index contributed by atoms with van der Waals surface area (Å²) in [5.41, 5.74) is 0.602. The van der Waals surface area contributed by atoms with Gasteiger partial charge in [0.25, 0.3) is 11.7 Å². The number of benzene rings is 3. The van der Waals surface area contributed by atoms with Crippen LogP contribution >= 0.6 is 23.2 Å². The fourth-order valence-electron chi connectivity index (χ4n) is 3.78. The van der Waals surface area contributed by atoms with Gasteiger partial charge in [-0.3, -0.25) is 14.5 Å². The van der Waals surface area contributed by atoms with E-state index in [-0.39, 0.29) is 40.0 Å². The number of carbonyl (C=O) groups is 2. The number of carbonyl (C=O) groups excluding carboxylic acids is 2. The van der Waals surface area contributed by atoms with Crippen molar-refractivity contribution >= 4 is 46.3 Å². The Morgan fingerprint density at radius 2 is 1.76 bits per heavy atom. The van der Waals surface area contributed by atoms with Crippen LogP contribution in [-0.4, -0.2) is 28.5 Å². The number of nitrogens with zero attached hydrogens (tertiary/aromatic N) is 1. The molecule has 0 radical (unpaired) electrons. The molecule has 1 unspecified atom stereocenters. The van der Waals surface area contributed by atoms with Gasteiger partial charge in [0.1, 0.15) is 11.6 Å². The first-order valence-electron chi connectivity index (χ1n) is 10.2. The van der Waals surface area contributed by atoms with Crippen molar-refractivity contribution in [2.24, 2.45) is 0 Å². The Morgan fingerprint density at radius 3 is 2.41 bits per heavy atom. The van der Waals surface area contributed by atoms with Crippen LogP contribution in [0.1, 0.15) is 24.1 Å². The van der Waals surface area contributed by atoms with E-state index >= 15 is 0 Å². The van der Waals surface area contributed by atoms with Crippen LogP contribution < -0.4 is 9.64 Å². The summed E-state index contributed by atoms with van der Waals surface area (Å²) in [7, 11) is 0. The van der Waals surface area contributed by atoms with E-state index in [1.807, 2.05) is 0 Å². The van der Waals surface area contributed by atoms with Crippen LogP contribution in [0, 0.1) is 5.82 Å². The van der Waals surface area contributed by atoms with E-state index in [4.69, 9.17) is 27.9 Å². The highest BCUT2D eigenvalue weighted by Gasteiger charge is 2.47. The van der Waals surface area contributed by atoms with Gasteiger partial charge in [0.2, 0.25) is 0 Å². The highest BCUT2D eigenvalue weighted by atomic mass is 35.5. The predicted molar refractivity (Wildman–Crippen MR) is 127 cm³/mol. The summed E-state index contributed by atoms with van der Waals surface area (Å²) in [6.07, 6.45) is 0. The number of amides is 1. The number of aromatic hydroxyl groups is 1.